The van der Waals surface area contributed by atoms with Crippen LogP contribution in [-0.4, -0.2) is 36.0 Å². The van der Waals surface area contributed by atoms with E-state index in [0.29, 0.717) is 35.3 Å². The number of nitrogens with zero attached hydrogens (tertiary/aromatic N) is 2. The molecule has 0 aliphatic rings. The van der Waals surface area contributed by atoms with E-state index in [4.69, 9.17) is 22.1 Å². The lowest BCUT2D eigenvalue weighted by Gasteiger charge is -2.17. The van der Waals surface area contributed by atoms with Crippen molar-refractivity contribution >= 4 is 23.2 Å². The van der Waals surface area contributed by atoms with Crippen LogP contribution in [0, 0.1) is 0 Å². The number of rotatable bonds is 5. The highest BCUT2D eigenvalue weighted by atomic mass is 35.5. The van der Waals surface area contributed by atoms with Gasteiger partial charge in [0.1, 0.15) is 18.1 Å². The number of likely N-dealkylation sites (N-methyl/N-ethyl adjacent to an activating group) is 1. The lowest BCUT2D eigenvalue weighted by molar-refractivity contribution is 0.0768. The van der Waals surface area contributed by atoms with Crippen molar-refractivity contribution < 1.29 is 9.53 Å². The lowest BCUT2D eigenvalue weighted by atomic mass is 10.3. The van der Waals surface area contributed by atoms with Crippen molar-refractivity contribution in [3.05, 3.63) is 53.3 Å². The highest BCUT2D eigenvalue weighted by molar-refractivity contribution is 6.32. The number of carbonyl (C=O) groups excluding carboxylic acids is 1. The molecule has 0 fully saturated rings. The number of benzene rings is 1. The molecule has 1 amide bonds. The number of hydrogen-bond acceptors (Lipinski definition) is 4. The minimum Gasteiger partial charge on any atom is -0.490 e. The zero-order valence-electron chi connectivity index (χ0n) is 11.6. The van der Waals surface area contributed by atoms with Gasteiger partial charge < -0.3 is 15.4 Å². The molecule has 0 spiro atoms. The quantitative estimate of drug-likeness (QED) is 0.921. The normalized spacial score (nSPS) is 10.2. The predicted octanol–water partition coefficient (Wildman–Crippen LogP) is 2.47. The Balaban J connectivity index is 1.87. The number of ether oxygens (including phenoxy) is 1. The van der Waals surface area contributed by atoms with Crippen molar-refractivity contribution in [3.8, 4) is 5.75 Å². The largest absolute Gasteiger partial charge is 0.490 e. The van der Waals surface area contributed by atoms with Gasteiger partial charge in [-0.3, -0.25) is 4.79 Å². The summed E-state index contributed by atoms with van der Waals surface area (Å²) in [4.78, 5) is 17.6. The standard InChI is InChI=1S/C15H16ClN3O2/c1-19(15(20)13-7-6-11(17)10-18-13)8-9-21-14-5-3-2-4-12(14)16/h2-7,10H,8-9,17H2,1H3. The van der Waals surface area contributed by atoms with Crippen LogP contribution in [0.25, 0.3) is 0 Å². The number of anilines is 1. The molecule has 21 heavy (non-hydrogen) atoms. The molecule has 1 aromatic carbocycles. The summed E-state index contributed by atoms with van der Waals surface area (Å²) in [7, 11) is 1.69. The minimum atomic E-state index is -0.183. The maximum Gasteiger partial charge on any atom is 0.272 e. The summed E-state index contributed by atoms with van der Waals surface area (Å²) in [5.74, 6) is 0.420. The first-order chi connectivity index (χ1) is 10.1. The Bertz CT molecular complexity index is 617. The molecule has 2 N–H and O–H groups in total. The van der Waals surface area contributed by atoms with Crippen LogP contribution in [0.4, 0.5) is 5.69 Å². The van der Waals surface area contributed by atoms with Crippen molar-refractivity contribution in [3.63, 3.8) is 0 Å². The van der Waals surface area contributed by atoms with Crippen LogP contribution in [0.5, 0.6) is 5.75 Å². The average molecular weight is 306 g/mol. The molecule has 0 radical (unpaired) electrons. The zero-order chi connectivity index (χ0) is 15.2. The summed E-state index contributed by atoms with van der Waals surface area (Å²) in [6, 6.07) is 10.5. The third-order valence-electron chi connectivity index (χ3n) is 2.87. The van der Waals surface area contributed by atoms with Crippen molar-refractivity contribution in [2.75, 3.05) is 25.9 Å². The van der Waals surface area contributed by atoms with Crippen LogP contribution in [0.2, 0.25) is 5.02 Å². The van der Waals surface area contributed by atoms with Crippen molar-refractivity contribution in [1.29, 1.82) is 0 Å². The predicted molar refractivity (Wildman–Crippen MR) is 82.6 cm³/mol. The number of halogens is 1. The number of carbonyl (C=O) groups is 1. The Kier molecular flexibility index (Phi) is 5.00. The van der Waals surface area contributed by atoms with Gasteiger partial charge in [0.15, 0.2) is 0 Å². The maximum atomic E-state index is 12.1. The monoisotopic (exact) mass is 305 g/mol. The molecule has 2 aromatic rings. The van der Waals surface area contributed by atoms with Gasteiger partial charge >= 0.3 is 0 Å². The van der Waals surface area contributed by atoms with Gasteiger partial charge in [0.05, 0.1) is 23.5 Å². The maximum absolute atomic E-state index is 12.1. The average Bonchev–Trinajstić information content (AvgIpc) is 2.49. The molecule has 110 valence electrons. The second-order valence-corrected chi connectivity index (χ2v) is 4.89. The fourth-order valence-corrected chi connectivity index (χ4v) is 1.87. The van der Waals surface area contributed by atoms with Crippen molar-refractivity contribution in [2.45, 2.75) is 0 Å². The fraction of sp³-hybridized carbons (Fsp3) is 0.200. The molecule has 0 bridgehead atoms. The molecular weight excluding hydrogens is 290 g/mol. The zero-order valence-corrected chi connectivity index (χ0v) is 12.4. The Morgan fingerprint density at radius 2 is 2.10 bits per heavy atom. The lowest BCUT2D eigenvalue weighted by Crippen LogP contribution is -2.31. The summed E-state index contributed by atoms with van der Waals surface area (Å²) in [5, 5.41) is 0.548. The number of aromatic nitrogens is 1. The Morgan fingerprint density at radius 1 is 1.33 bits per heavy atom. The molecule has 0 aliphatic heterocycles. The van der Waals surface area contributed by atoms with Crippen molar-refractivity contribution in [1.82, 2.24) is 9.88 Å². The SMILES string of the molecule is CN(CCOc1ccccc1Cl)C(=O)c1ccc(N)cn1. The molecule has 5 nitrogen and oxygen atoms in total. The van der Waals surface area contributed by atoms with E-state index in [9.17, 15) is 4.79 Å². The Morgan fingerprint density at radius 3 is 2.76 bits per heavy atom. The van der Waals surface area contributed by atoms with Gasteiger partial charge in [0, 0.05) is 7.05 Å². The second kappa shape index (κ2) is 6.95. The number of amides is 1. The summed E-state index contributed by atoms with van der Waals surface area (Å²) < 4.78 is 5.55. The first kappa shape index (κ1) is 15.1. The van der Waals surface area contributed by atoms with Crippen LogP contribution < -0.4 is 10.5 Å². The van der Waals surface area contributed by atoms with Crippen LogP contribution >= 0.6 is 11.6 Å². The molecule has 0 saturated carbocycles. The van der Waals surface area contributed by atoms with E-state index in [1.54, 1.807) is 31.3 Å². The molecule has 1 heterocycles. The number of para-hydroxylation sites is 1. The fourth-order valence-electron chi connectivity index (χ4n) is 1.68. The number of nitrogen functional groups attached to an aromatic ring is 1. The van der Waals surface area contributed by atoms with E-state index < -0.39 is 0 Å². The third kappa shape index (κ3) is 4.10. The third-order valence-corrected chi connectivity index (χ3v) is 3.19. The summed E-state index contributed by atoms with van der Waals surface area (Å²) in [6.45, 7) is 0.775. The number of nitrogens with two attached hydrogens (primary N) is 1. The van der Waals surface area contributed by atoms with Crippen LogP contribution in [0.1, 0.15) is 10.5 Å². The Labute approximate surface area is 128 Å². The van der Waals surface area contributed by atoms with Gasteiger partial charge in [-0.15, -0.1) is 0 Å². The molecule has 1 aromatic heterocycles. The molecule has 0 unspecified atom stereocenters. The topological polar surface area (TPSA) is 68.5 Å². The number of pyridine rings is 1. The molecule has 2 rings (SSSR count). The van der Waals surface area contributed by atoms with Gasteiger partial charge in [0.2, 0.25) is 0 Å². The smallest absolute Gasteiger partial charge is 0.272 e. The highest BCUT2D eigenvalue weighted by Crippen LogP contribution is 2.22. The van der Waals surface area contributed by atoms with E-state index in [1.807, 2.05) is 12.1 Å². The first-order valence-electron chi connectivity index (χ1n) is 6.42. The van der Waals surface area contributed by atoms with Crippen molar-refractivity contribution in [2.24, 2.45) is 0 Å². The van der Waals surface area contributed by atoms with Gasteiger partial charge in [-0.1, -0.05) is 23.7 Å². The van der Waals surface area contributed by atoms with E-state index >= 15 is 0 Å². The van der Waals surface area contributed by atoms with Gasteiger partial charge in [0.25, 0.3) is 5.91 Å². The van der Waals surface area contributed by atoms with Crippen LogP contribution in [0.15, 0.2) is 42.6 Å². The summed E-state index contributed by atoms with van der Waals surface area (Å²) in [5.41, 5.74) is 6.42. The van der Waals surface area contributed by atoms with Gasteiger partial charge in [-0.2, -0.15) is 0 Å². The molecule has 0 atom stereocenters. The summed E-state index contributed by atoms with van der Waals surface area (Å²) in [6.07, 6.45) is 1.46. The van der Waals surface area contributed by atoms with Gasteiger partial charge in [-0.05, 0) is 24.3 Å². The van der Waals surface area contributed by atoms with E-state index in [-0.39, 0.29) is 5.91 Å². The van der Waals surface area contributed by atoms with E-state index in [0.717, 1.165) is 0 Å². The second-order valence-electron chi connectivity index (χ2n) is 4.48. The Hall–Kier alpha value is -2.27. The molecular formula is C15H16ClN3O2. The van der Waals surface area contributed by atoms with E-state index in [2.05, 4.69) is 4.98 Å². The number of hydrogen-bond donors (Lipinski definition) is 1. The molecule has 0 saturated heterocycles. The molecule has 6 heteroatoms. The minimum absolute atomic E-state index is 0.183. The first-order valence-corrected chi connectivity index (χ1v) is 6.80. The van der Waals surface area contributed by atoms with Gasteiger partial charge in [-0.25, -0.2) is 4.98 Å². The molecule has 0 aliphatic carbocycles. The highest BCUT2D eigenvalue weighted by Gasteiger charge is 2.12. The van der Waals surface area contributed by atoms with Crippen LogP contribution in [0.3, 0.4) is 0 Å². The van der Waals surface area contributed by atoms with E-state index in [1.165, 1.54) is 11.1 Å². The summed E-state index contributed by atoms with van der Waals surface area (Å²) >= 11 is 5.99. The van der Waals surface area contributed by atoms with Crippen LogP contribution in [-0.2, 0) is 0 Å².